The standard InChI is InChI=1S/C40H60N6O7S/c1-8-54(52,53)45(7)22-30(39(2,3)4)43-38(51)44-32(26-19-24-11-9-10-12-25(24)20-26)37(50)46-21-28-31(40(28,5)6)33(46)35(48)42-29(18-15-23-13-14-23)34(47)36(49)41-27-16-17-27/h9-12,23,26-33H,8,13-22H2,1-7H3,(H,41,49)(H,42,48)(H2,43,44,51)/t28-,29?,30+,31-,32-,33-/m0/s1. The molecule has 1 aromatic carbocycles. The molecule has 54 heavy (non-hydrogen) atoms. The zero-order chi connectivity index (χ0) is 39.3. The number of urea groups is 1. The number of Topliss-reactive ketones (excluding diaryl/α,β-unsaturated/α-hetero) is 1. The third-order valence-corrected chi connectivity index (χ3v) is 14.7. The van der Waals surface area contributed by atoms with Crippen molar-refractivity contribution in [3.63, 3.8) is 0 Å². The van der Waals surface area contributed by atoms with Gasteiger partial charge < -0.3 is 26.2 Å². The van der Waals surface area contributed by atoms with Crippen LogP contribution in [0.1, 0.15) is 91.2 Å². The number of ketones is 1. The molecule has 3 saturated carbocycles. The second kappa shape index (κ2) is 15.2. The first kappa shape index (κ1) is 40.2. The highest BCUT2D eigenvalue weighted by molar-refractivity contribution is 7.89. The Hall–Kier alpha value is -3.52. The summed E-state index contributed by atoms with van der Waals surface area (Å²) >= 11 is 0. The summed E-state index contributed by atoms with van der Waals surface area (Å²) in [5, 5.41) is 11.7. The summed E-state index contributed by atoms with van der Waals surface area (Å²) in [7, 11) is -2.02. The molecule has 13 nitrogen and oxygen atoms in total. The van der Waals surface area contributed by atoms with Crippen molar-refractivity contribution < 1.29 is 32.4 Å². The predicted molar refractivity (Wildman–Crippen MR) is 204 cm³/mol. The molecule has 6 rings (SSSR count). The van der Waals surface area contributed by atoms with Gasteiger partial charge in [0.15, 0.2) is 0 Å². The number of likely N-dealkylation sites (tertiary alicyclic amines) is 1. The van der Waals surface area contributed by atoms with Gasteiger partial charge in [-0.1, -0.05) is 71.7 Å². The van der Waals surface area contributed by atoms with E-state index in [1.165, 1.54) is 11.4 Å². The van der Waals surface area contributed by atoms with Gasteiger partial charge in [0.1, 0.15) is 12.1 Å². The molecule has 1 aliphatic heterocycles. The number of sulfonamides is 1. The zero-order valence-electron chi connectivity index (χ0n) is 32.9. The fraction of sp³-hybridized carbons (Fsp3) is 0.725. The molecule has 4 N–H and O–H groups in total. The fourth-order valence-corrected chi connectivity index (χ4v) is 9.46. The molecule has 4 aliphatic carbocycles. The van der Waals surface area contributed by atoms with E-state index < -0.39 is 63.2 Å². The first-order valence-corrected chi connectivity index (χ1v) is 21.5. The van der Waals surface area contributed by atoms with Crippen molar-refractivity contribution in [1.82, 2.24) is 30.5 Å². The van der Waals surface area contributed by atoms with Gasteiger partial charge in [0, 0.05) is 32.2 Å². The lowest BCUT2D eigenvalue weighted by Crippen LogP contribution is -2.61. The summed E-state index contributed by atoms with van der Waals surface area (Å²) in [4.78, 5) is 71.1. The van der Waals surface area contributed by atoms with Crippen molar-refractivity contribution in [3.8, 4) is 0 Å². The number of rotatable bonds is 16. The third-order valence-electron chi connectivity index (χ3n) is 12.8. The summed E-state index contributed by atoms with van der Waals surface area (Å²) < 4.78 is 26.5. The molecule has 0 radical (unpaired) electrons. The first-order chi connectivity index (χ1) is 25.3. The number of carbonyl (C=O) groups is 5. The van der Waals surface area contributed by atoms with Crippen LogP contribution in [0.3, 0.4) is 0 Å². The molecule has 1 unspecified atom stereocenters. The van der Waals surface area contributed by atoms with Crippen molar-refractivity contribution in [2.45, 2.75) is 123 Å². The van der Waals surface area contributed by atoms with Gasteiger partial charge in [-0.3, -0.25) is 19.2 Å². The average Bonchev–Trinajstić information content (AvgIpc) is 4.07. The number of hydrogen-bond donors (Lipinski definition) is 4. The van der Waals surface area contributed by atoms with Crippen LogP contribution >= 0.6 is 0 Å². The van der Waals surface area contributed by atoms with Crippen LogP contribution < -0.4 is 21.3 Å². The summed E-state index contributed by atoms with van der Waals surface area (Å²) in [5.74, 6) is -2.08. The molecule has 14 heteroatoms. The number of nitrogens with zero attached hydrogens (tertiary/aromatic N) is 2. The Morgan fingerprint density at radius 1 is 0.963 bits per heavy atom. The summed E-state index contributed by atoms with van der Waals surface area (Å²) in [6, 6.07) is 3.95. The SMILES string of the molecule is CCS(=O)(=O)N(C)C[C@@H](NC(=O)N[C@H](C(=O)N1C[C@H]2[C@@H]([C@H]1C(=O)NC(CCC1CC1)C(=O)C(=O)NC1CC1)C2(C)C)C1Cc2ccccc2C1)C(C)(C)C. The Balaban J connectivity index is 1.23. The lowest BCUT2D eigenvalue weighted by atomic mass is 9.86. The first-order valence-electron chi connectivity index (χ1n) is 19.8. The Kier molecular flexibility index (Phi) is 11.3. The maximum atomic E-state index is 14.9. The number of nitrogens with one attached hydrogen (secondary N) is 4. The second-order valence-electron chi connectivity index (χ2n) is 18.2. The molecular formula is C40H60N6O7S. The van der Waals surface area contributed by atoms with Gasteiger partial charge >= 0.3 is 6.03 Å². The minimum absolute atomic E-state index is 0.00419. The maximum Gasteiger partial charge on any atom is 0.315 e. The quantitative estimate of drug-likeness (QED) is 0.187. The maximum absolute atomic E-state index is 14.9. The smallest absolute Gasteiger partial charge is 0.315 e. The lowest BCUT2D eigenvalue weighted by Gasteiger charge is -2.37. The topological polar surface area (TPSA) is 174 Å². The number of benzene rings is 1. The van der Waals surface area contributed by atoms with E-state index in [2.05, 4.69) is 35.1 Å². The van der Waals surface area contributed by atoms with Gasteiger partial charge in [0.25, 0.3) is 5.91 Å². The van der Waals surface area contributed by atoms with Crippen LogP contribution in [0.5, 0.6) is 0 Å². The van der Waals surface area contributed by atoms with Gasteiger partial charge in [0.05, 0.1) is 11.8 Å². The Labute approximate surface area is 320 Å². The molecule has 1 saturated heterocycles. The van der Waals surface area contributed by atoms with E-state index in [0.717, 1.165) is 43.2 Å². The van der Waals surface area contributed by atoms with Crippen LogP contribution in [0.2, 0.25) is 0 Å². The van der Waals surface area contributed by atoms with E-state index in [-0.39, 0.29) is 47.4 Å². The molecule has 5 aliphatic rings. The number of likely N-dealkylation sites (N-methyl/N-ethyl adjacent to an activating group) is 1. The molecule has 298 valence electrons. The van der Waals surface area contributed by atoms with Crippen molar-refractivity contribution in [1.29, 1.82) is 0 Å². The zero-order valence-corrected chi connectivity index (χ0v) is 33.8. The number of carbonyl (C=O) groups excluding carboxylic acids is 5. The van der Waals surface area contributed by atoms with Gasteiger partial charge in [-0.2, -0.15) is 0 Å². The van der Waals surface area contributed by atoms with Gasteiger partial charge in [-0.25, -0.2) is 17.5 Å². The lowest BCUT2D eigenvalue weighted by molar-refractivity contribution is -0.144. The Bertz CT molecular complexity index is 1730. The number of hydrogen-bond acceptors (Lipinski definition) is 7. The molecule has 0 aromatic heterocycles. The van der Waals surface area contributed by atoms with E-state index >= 15 is 0 Å². The molecular weight excluding hydrogens is 709 g/mol. The third kappa shape index (κ3) is 8.79. The van der Waals surface area contributed by atoms with Crippen LogP contribution in [0.4, 0.5) is 4.79 Å². The van der Waals surface area contributed by atoms with E-state index in [1.807, 2.05) is 45.0 Å². The predicted octanol–water partition coefficient (Wildman–Crippen LogP) is 2.77. The van der Waals surface area contributed by atoms with Crippen LogP contribution in [0.25, 0.3) is 0 Å². The largest absolute Gasteiger partial charge is 0.347 e. The van der Waals surface area contributed by atoms with Crippen LogP contribution in [0, 0.1) is 34.5 Å². The highest BCUT2D eigenvalue weighted by atomic mass is 32.2. The average molecular weight is 769 g/mol. The van der Waals surface area contributed by atoms with E-state index in [1.54, 1.807) is 11.8 Å². The highest BCUT2D eigenvalue weighted by Crippen LogP contribution is 2.65. The normalized spacial score (nSPS) is 24.9. The Morgan fingerprint density at radius 3 is 2.15 bits per heavy atom. The molecule has 6 atom stereocenters. The monoisotopic (exact) mass is 768 g/mol. The minimum atomic E-state index is -3.51. The minimum Gasteiger partial charge on any atom is -0.347 e. The summed E-state index contributed by atoms with van der Waals surface area (Å²) in [6.07, 6.45) is 6.03. The molecule has 1 aromatic rings. The number of fused-ring (bicyclic) bond motifs is 2. The van der Waals surface area contributed by atoms with E-state index in [0.29, 0.717) is 31.7 Å². The van der Waals surface area contributed by atoms with Crippen LogP contribution in [-0.4, -0.2) is 103 Å². The van der Waals surface area contributed by atoms with Crippen molar-refractivity contribution in [3.05, 3.63) is 35.4 Å². The molecule has 0 bridgehead atoms. The molecule has 1 heterocycles. The summed E-state index contributed by atoms with van der Waals surface area (Å²) in [6.45, 7) is 11.9. The van der Waals surface area contributed by atoms with Crippen molar-refractivity contribution >= 4 is 39.6 Å². The van der Waals surface area contributed by atoms with Crippen molar-refractivity contribution in [2.24, 2.45) is 34.5 Å². The highest BCUT2D eigenvalue weighted by Gasteiger charge is 2.70. The summed E-state index contributed by atoms with van der Waals surface area (Å²) in [5.41, 5.74) is 1.47. The van der Waals surface area contributed by atoms with Gasteiger partial charge in [0.2, 0.25) is 27.6 Å². The number of amides is 5. The van der Waals surface area contributed by atoms with Gasteiger partial charge in [-0.15, -0.1) is 0 Å². The van der Waals surface area contributed by atoms with E-state index in [9.17, 15) is 32.4 Å². The van der Waals surface area contributed by atoms with Gasteiger partial charge in [-0.05, 0) is 91.1 Å². The van der Waals surface area contributed by atoms with Crippen molar-refractivity contribution in [2.75, 3.05) is 25.9 Å². The molecule has 0 spiro atoms. The molecule has 5 amide bonds. The Morgan fingerprint density at radius 2 is 1.59 bits per heavy atom. The van der Waals surface area contributed by atoms with Crippen LogP contribution in [-0.2, 0) is 42.0 Å². The van der Waals surface area contributed by atoms with Crippen LogP contribution in [0.15, 0.2) is 24.3 Å². The number of piperidine rings is 1. The molecule has 4 fully saturated rings. The fourth-order valence-electron chi connectivity index (χ4n) is 8.65. The van der Waals surface area contributed by atoms with E-state index in [4.69, 9.17) is 0 Å². The second-order valence-corrected chi connectivity index (χ2v) is 20.6.